The van der Waals surface area contributed by atoms with Crippen molar-refractivity contribution in [1.29, 1.82) is 0 Å². The summed E-state index contributed by atoms with van der Waals surface area (Å²) in [4.78, 5) is 33.2. The summed E-state index contributed by atoms with van der Waals surface area (Å²) >= 11 is 1.69. The Kier molecular flexibility index (Phi) is 6.86. The number of carbonyl (C=O) groups is 2. The summed E-state index contributed by atoms with van der Waals surface area (Å²) in [6, 6.07) is 22.0. The molecular formula is C28H25FN4O2S. The first-order valence-corrected chi connectivity index (χ1v) is 12.7. The van der Waals surface area contributed by atoms with Gasteiger partial charge in [0.05, 0.1) is 17.3 Å². The van der Waals surface area contributed by atoms with Crippen LogP contribution in [0.4, 0.5) is 15.8 Å². The van der Waals surface area contributed by atoms with Crippen molar-refractivity contribution in [1.82, 2.24) is 4.90 Å². The van der Waals surface area contributed by atoms with Gasteiger partial charge in [0.2, 0.25) is 0 Å². The molecular weight excluding hydrogens is 475 g/mol. The van der Waals surface area contributed by atoms with Gasteiger partial charge in [0, 0.05) is 29.2 Å². The number of nitrogens with zero attached hydrogens (tertiary/aromatic N) is 2. The number of hydrogen-bond donors (Lipinski definition) is 2. The second-order valence-electron chi connectivity index (χ2n) is 8.60. The Hall–Kier alpha value is -3.91. The van der Waals surface area contributed by atoms with Crippen molar-refractivity contribution in [3.8, 4) is 0 Å². The van der Waals surface area contributed by atoms with Crippen LogP contribution in [0.5, 0.6) is 0 Å². The third kappa shape index (κ3) is 5.04. The molecule has 0 saturated carbocycles. The third-order valence-corrected chi connectivity index (χ3v) is 7.16. The Bertz CT molecular complexity index is 1370. The second-order valence-corrected chi connectivity index (χ2v) is 9.66. The Morgan fingerprint density at radius 3 is 2.50 bits per heavy atom. The molecule has 2 aliphatic rings. The highest BCUT2D eigenvalue weighted by atomic mass is 32.2. The number of amides is 2. The maximum atomic E-state index is 13.6. The van der Waals surface area contributed by atoms with Crippen LogP contribution in [0.15, 0.2) is 95.1 Å². The number of amidine groups is 1. The fourth-order valence-electron chi connectivity index (χ4n) is 4.44. The molecule has 0 bridgehead atoms. The molecule has 1 atom stereocenters. The lowest BCUT2D eigenvalue weighted by Crippen LogP contribution is -2.43. The molecule has 0 aromatic heterocycles. The summed E-state index contributed by atoms with van der Waals surface area (Å²) in [5, 5.41) is 6.76. The van der Waals surface area contributed by atoms with Crippen LogP contribution < -0.4 is 10.6 Å². The van der Waals surface area contributed by atoms with Crippen LogP contribution in [-0.2, 0) is 4.79 Å². The summed E-state index contributed by atoms with van der Waals surface area (Å²) in [5.74, 6) is -0.108. The predicted molar refractivity (Wildman–Crippen MR) is 143 cm³/mol. The number of nitrogens with one attached hydrogen (secondary N) is 2. The summed E-state index contributed by atoms with van der Waals surface area (Å²) in [6.07, 6.45) is 0.975. The van der Waals surface area contributed by atoms with Crippen LogP contribution in [0.3, 0.4) is 0 Å². The Labute approximate surface area is 213 Å². The van der Waals surface area contributed by atoms with Gasteiger partial charge in [-0.25, -0.2) is 9.38 Å². The number of fused-ring (bicyclic) bond motifs is 1. The molecule has 36 heavy (non-hydrogen) atoms. The van der Waals surface area contributed by atoms with Gasteiger partial charge in [-0.05, 0) is 61.4 Å². The molecule has 8 heteroatoms. The largest absolute Gasteiger partial charge is 0.340 e. The number of carbonyl (C=O) groups excluding carboxylic acids is 2. The van der Waals surface area contributed by atoms with E-state index in [1.165, 1.54) is 18.2 Å². The first-order valence-electron chi connectivity index (χ1n) is 11.7. The lowest BCUT2D eigenvalue weighted by Gasteiger charge is -2.41. The van der Waals surface area contributed by atoms with Crippen LogP contribution in [-0.4, -0.2) is 34.2 Å². The van der Waals surface area contributed by atoms with Crippen molar-refractivity contribution in [2.75, 3.05) is 22.9 Å². The zero-order valence-corrected chi connectivity index (χ0v) is 20.5. The predicted octanol–water partition coefficient (Wildman–Crippen LogP) is 5.84. The minimum atomic E-state index is -0.470. The number of halogens is 1. The maximum Gasteiger partial charge on any atom is 0.255 e. The quantitative estimate of drug-likeness (QED) is 0.462. The molecule has 1 fully saturated rings. The molecule has 6 nitrogen and oxygen atoms in total. The second kappa shape index (κ2) is 10.4. The number of rotatable bonds is 5. The van der Waals surface area contributed by atoms with Crippen LogP contribution in [0, 0.1) is 5.82 Å². The van der Waals surface area contributed by atoms with Crippen molar-refractivity contribution < 1.29 is 14.0 Å². The highest BCUT2D eigenvalue weighted by Crippen LogP contribution is 2.40. The fraction of sp³-hybridized carbons (Fsp3) is 0.179. The van der Waals surface area contributed by atoms with Gasteiger partial charge in [-0.3, -0.25) is 9.59 Å². The highest BCUT2D eigenvalue weighted by molar-refractivity contribution is 8.13. The van der Waals surface area contributed by atoms with Crippen LogP contribution in [0.2, 0.25) is 0 Å². The van der Waals surface area contributed by atoms with E-state index in [9.17, 15) is 14.0 Å². The molecule has 3 aromatic rings. The van der Waals surface area contributed by atoms with E-state index in [0.29, 0.717) is 22.6 Å². The molecule has 2 heterocycles. The van der Waals surface area contributed by atoms with Crippen molar-refractivity contribution in [3.05, 3.63) is 107 Å². The number of thioether (sulfide) groups is 1. The molecule has 1 saturated heterocycles. The lowest BCUT2D eigenvalue weighted by atomic mass is 9.93. The molecule has 2 aliphatic heterocycles. The molecule has 5 rings (SSSR count). The van der Waals surface area contributed by atoms with E-state index in [2.05, 4.69) is 15.5 Å². The number of hydrogen-bond acceptors (Lipinski definition) is 5. The van der Waals surface area contributed by atoms with E-state index in [1.807, 2.05) is 55.5 Å². The van der Waals surface area contributed by atoms with Gasteiger partial charge >= 0.3 is 0 Å². The van der Waals surface area contributed by atoms with Crippen LogP contribution >= 0.6 is 11.8 Å². The fourth-order valence-corrected chi connectivity index (χ4v) is 5.46. The first-order chi connectivity index (χ1) is 17.5. The van der Waals surface area contributed by atoms with Crippen molar-refractivity contribution >= 4 is 40.1 Å². The topological polar surface area (TPSA) is 73.8 Å². The lowest BCUT2D eigenvalue weighted by molar-refractivity contribution is -0.113. The number of benzene rings is 3. The molecule has 3 aromatic carbocycles. The van der Waals surface area contributed by atoms with Crippen LogP contribution in [0.1, 0.15) is 35.3 Å². The average molecular weight is 501 g/mol. The smallest absolute Gasteiger partial charge is 0.255 e. The van der Waals surface area contributed by atoms with Crippen molar-refractivity contribution in [2.45, 2.75) is 19.4 Å². The standard InChI is InChI=1S/C28H25FN4O2S/c1-18-24(27(35)31-22-11-3-2-4-12-22)25(33-14-7-15-36-28(33)30-18)19-8-6-13-23(17-19)32-26(34)20-9-5-10-21(29)16-20/h2-6,8-13,16-17,25H,7,14-15H2,1H3,(H,31,35)(H,32,34)/t25-/m1/s1. The van der Waals surface area contributed by atoms with Crippen molar-refractivity contribution in [3.63, 3.8) is 0 Å². The number of anilines is 2. The molecule has 0 spiro atoms. The van der Waals surface area contributed by atoms with E-state index in [0.717, 1.165) is 29.4 Å². The van der Waals surface area contributed by atoms with Crippen molar-refractivity contribution in [2.24, 2.45) is 4.99 Å². The van der Waals surface area contributed by atoms with E-state index < -0.39 is 11.7 Å². The SMILES string of the molecule is CC1=C(C(=O)Nc2ccccc2)[C@@H](c2cccc(NC(=O)c3cccc(F)c3)c2)N2CCCSC2=N1. The summed E-state index contributed by atoms with van der Waals surface area (Å²) in [7, 11) is 0. The molecule has 2 N–H and O–H groups in total. The van der Waals surface area contributed by atoms with Crippen LogP contribution in [0.25, 0.3) is 0 Å². The third-order valence-electron chi connectivity index (χ3n) is 6.08. The minimum Gasteiger partial charge on any atom is -0.340 e. The monoisotopic (exact) mass is 500 g/mol. The maximum absolute atomic E-state index is 13.6. The average Bonchev–Trinajstić information content (AvgIpc) is 2.88. The molecule has 182 valence electrons. The molecule has 0 unspecified atom stereocenters. The number of allylic oxidation sites excluding steroid dienone is 1. The Balaban J connectivity index is 1.48. The first kappa shape index (κ1) is 23.8. The van der Waals surface area contributed by atoms with E-state index in [1.54, 1.807) is 23.9 Å². The summed E-state index contributed by atoms with van der Waals surface area (Å²) in [6.45, 7) is 2.63. The van der Waals surface area contributed by atoms with Gasteiger partial charge < -0.3 is 15.5 Å². The Morgan fingerprint density at radius 1 is 0.944 bits per heavy atom. The molecule has 0 radical (unpaired) electrons. The van der Waals surface area contributed by atoms with Gasteiger partial charge in [-0.1, -0.05) is 48.2 Å². The number of para-hydroxylation sites is 1. The van der Waals surface area contributed by atoms with E-state index in [4.69, 9.17) is 4.99 Å². The zero-order valence-electron chi connectivity index (χ0n) is 19.7. The van der Waals surface area contributed by atoms with Gasteiger partial charge in [0.1, 0.15) is 5.82 Å². The van der Waals surface area contributed by atoms with Gasteiger partial charge in [0.25, 0.3) is 11.8 Å². The minimum absolute atomic E-state index is 0.212. The van der Waals surface area contributed by atoms with Gasteiger partial charge in [-0.2, -0.15) is 0 Å². The molecule has 2 amide bonds. The van der Waals surface area contributed by atoms with Gasteiger partial charge in [-0.15, -0.1) is 0 Å². The highest BCUT2D eigenvalue weighted by Gasteiger charge is 2.37. The van der Waals surface area contributed by atoms with E-state index in [-0.39, 0.29) is 17.5 Å². The number of aliphatic imine (C=N–C) groups is 1. The zero-order chi connectivity index (χ0) is 25.1. The van der Waals surface area contributed by atoms with Gasteiger partial charge in [0.15, 0.2) is 5.17 Å². The Morgan fingerprint density at radius 2 is 1.69 bits per heavy atom. The normalized spacial score (nSPS) is 17.2. The molecule has 0 aliphatic carbocycles. The van der Waals surface area contributed by atoms with E-state index >= 15 is 0 Å². The summed E-state index contributed by atoms with van der Waals surface area (Å²) < 4.78 is 13.6. The summed E-state index contributed by atoms with van der Waals surface area (Å²) in [5.41, 5.74) is 3.61.